The zero-order chi connectivity index (χ0) is 21.0. The normalized spacial score (nSPS) is 13.0. The van der Waals surface area contributed by atoms with Crippen molar-refractivity contribution in [2.45, 2.75) is 24.2 Å². The number of carbonyl (C=O) groups excluding carboxylic acids is 2. The minimum atomic E-state index is -1.22. The van der Waals surface area contributed by atoms with Crippen LogP contribution in [-0.2, 0) is 9.53 Å². The van der Waals surface area contributed by atoms with E-state index in [0.717, 1.165) is 10.9 Å². The van der Waals surface area contributed by atoms with Gasteiger partial charge < -0.3 is 20.5 Å². The van der Waals surface area contributed by atoms with E-state index in [2.05, 4.69) is 35.5 Å². The van der Waals surface area contributed by atoms with Gasteiger partial charge in [0.05, 0.1) is 24.9 Å². The first-order chi connectivity index (χ1) is 13.9. The number of esters is 1. The highest BCUT2D eigenvalue weighted by molar-refractivity contribution is 7.98. The van der Waals surface area contributed by atoms with E-state index in [1.54, 1.807) is 6.20 Å². The fourth-order valence-corrected chi connectivity index (χ4v) is 2.94. The van der Waals surface area contributed by atoms with Crippen molar-refractivity contribution in [1.29, 1.82) is 0 Å². The molecule has 0 saturated heterocycles. The molecule has 2 aromatic heterocycles. The van der Waals surface area contributed by atoms with E-state index < -0.39 is 24.0 Å². The maximum Gasteiger partial charge on any atom is 0.331 e. The first-order valence-electron chi connectivity index (χ1n) is 8.61. The van der Waals surface area contributed by atoms with Gasteiger partial charge in [-0.25, -0.2) is 14.8 Å². The topological polar surface area (TPSA) is 142 Å². The molecule has 10 nitrogen and oxygen atoms in total. The number of nitrogens with one attached hydrogen (secondary N) is 3. The standard InChI is InChI=1S/C18H20N6O4S/c1-9(25)14(17(27)28-2)22-16(26)12-8-19-18(29-3)23-15(12)21-11-5-4-10-7-20-24-13(10)6-11/h4-9,14,25H,1-3H3,(H,20,24)(H,22,26)(H,19,21,23). The minimum Gasteiger partial charge on any atom is -0.467 e. The lowest BCUT2D eigenvalue weighted by Gasteiger charge is -2.19. The second kappa shape index (κ2) is 8.88. The number of aromatic amines is 1. The van der Waals surface area contributed by atoms with Crippen molar-refractivity contribution in [2.75, 3.05) is 18.7 Å². The third kappa shape index (κ3) is 4.63. The number of thioether (sulfide) groups is 1. The summed E-state index contributed by atoms with van der Waals surface area (Å²) in [6.45, 7) is 1.38. The Bertz CT molecular complexity index is 1040. The molecular weight excluding hydrogens is 396 g/mol. The highest BCUT2D eigenvalue weighted by Crippen LogP contribution is 2.24. The molecule has 0 aliphatic carbocycles. The largest absolute Gasteiger partial charge is 0.467 e. The summed E-state index contributed by atoms with van der Waals surface area (Å²) >= 11 is 1.32. The molecule has 1 aromatic carbocycles. The van der Waals surface area contributed by atoms with E-state index in [1.807, 2.05) is 24.5 Å². The Hall–Kier alpha value is -3.18. The number of anilines is 2. The second-order valence-electron chi connectivity index (χ2n) is 6.13. The molecule has 3 aromatic rings. The highest BCUT2D eigenvalue weighted by atomic mass is 32.2. The van der Waals surface area contributed by atoms with Crippen molar-refractivity contribution in [2.24, 2.45) is 0 Å². The Labute approximate surface area is 170 Å². The molecule has 152 valence electrons. The monoisotopic (exact) mass is 416 g/mol. The summed E-state index contributed by atoms with van der Waals surface area (Å²) in [6.07, 6.45) is 3.74. The smallest absolute Gasteiger partial charge is 0.331 e. The molecule has 11 heteroatoms. The zero-order valence-corrected chi connectivity index (χ0v) is 16.8. The average Bonchev–Trinajstić information content (AvgIpc) is 3.18. The van der Waals surface area contributed by atoms with Crippen LogP contribution in [0.5, 0.6) is 0 Å². The lowest BCUT2D eigenvalue weighted by molar-refractivity contribution is -0.145. The van der Waals surface area contributed by atoms with Gasteiger partial charge in [-0.1, -0.05) is 11.8 Å². The maximum atomic E-state index is 12.8. The average molecular weight is 416 g/mol. The van der Waals surface area contributed by atoms with Crippen LogP contribution in [0.25, 0.3) is 10.9 Å². The number of aliphatic hydroxyl groups excluding tert-OH is 1. The van der Waals surface area contributed by atoms with Gasteiger partial charge in [0.2, 0.25) is 0 Å². The molecule has 29 heavy (non-hydrogen) atoms. The number of fused-ring (bicyclic) bond motifs is 1. The summed E-state index contributed by atoms with van der Waals surface area (Å²) in [7, 11) is 1.18. The summed E-state index contributed by atoms with van der Waals surface area (Å²) in [4.78, 5) is 33.1. The molecule has 2 unspecified atom stereocenters. The SMILES string of the molecule is COC(=O)C(NC(=O)c1cnc(SC)nc1Nc1ccc2cn[nH]c2c1)C(C)O. The molecule has 2 heterocycles. The first-order valence-corrected chi connectivity index (χ1v) is 9.83. The van der Waals surface area contributed by atoms with Crippen LogP contribution in [0.4, 0.5) is 11.5 Å². The van der Waals surface area contributed by atoms with Gasteiger partial charge in [-0.15, -0.1) is 0 Å². The summed E-state index contributed by atoms with van der Waals surface area (Å²) in [5, 5.41) is 23.6. The van der Waals surface area contributed by atoms with Crippen LogP contribution in [-0.4, -0.2) is 62.7 Å². The van der Waals surface area contributed by atoms with Gasteiger partial charge >= 0.3 is 5.97 Å². The fourth-order valence-electron chi connectivity index (χ4n) is 2.60. The Morgan fingerprint density at radius 1 is 1.31 bits per heavy atom. The number of hydrogen-bond donors (Lipinski definition) is 4. The zero-order valence-electron chi connectivity index (χ0n) is 16.0. The van der Waals surface area contributed by atoms with E-state index in [9.17, 15) is 14.7 Å². The number of methoxy groups -OCH3 is 1. The van der Waals surface area contributed by atoms with Crippen LogP contribution in [0.15, 0.2) is 35.7 Å². The first kappa shape index (κ1) is 20.6. The van der Waals surface area contributed by atoms with E-state index in [0.29, 0.717) is 10.8 Å². The molecule has 4 N–H and O–H groups in total. The number of rotatable bonds is 7. The molecule has 0 fully saturated rings. The number of carbonyl (C=O) groups is 2. The molecule has 0 bridgehead atoms. The molecule has 0 aliphatic heterocycles. The number of aliphatic hydroxyl groups is 1. The molecule has 0 saturated carbocycles. The van der Waals surface area contributed by atoms with Crippen molar-refractivity contribution in [1.82, 2.24) is 25.5 Å². The third-order valence-electron chi connectivity index (χ3n) is 4.12. The lowest BCUT2D eigenvalue weighted by Crippen LogP contribution is -2.48. The van der Waals surface area contributed by atoms with E-state index >= 15 is 0 Å². The van der Waals surface area contributed by atoms with E-state index in [-0.39, 0.29) is 11.4 Å². The van der Waals surface area contributed by atoms with Crippen LogP contribution in [0.2, 0.25) is 0 Å². The molecule has 0 spiro atoms. The summed E-state index contributed by atoms with van der Waals surface area (Å²) in [6, 6.07) is 4.31. The Morgan fingerprint density at radius 2 is 2.10 bits per heavy atom. The summed E-state index contributed by atoms with van der Waals surface area (Å²) in [5.41, 5.74) is 1.61. The summed E-state index contributed by atoms with van der Waals surface area (Å²) < 4.78 is 4.63. The van der Waals surface area contributed by atoms with Crippen molar-refractivity contribution < 1.29 is 19.4 Å². The van der Waals surface area contributed by atoms with Crippen molar-refractivity contribution in [3.8, 4) is 0 Å². The number of aromatic nitrogens is 4. The van der Waals surface area contributed by atoms with Gasteiger partial charge in [-0.2, -0.15) is 5.10 Å². The molecule has 2 atom stereocenters. The Balaban J connectivity index is 1.91. The van der Waals surface area contributed by atoms with Crippen LogP contribution >= 0.6 is 11.8 Å². The van der Waals surface area contributed by atoms with Crippen LogP contribution < -0.4 is 10.6 Å². The maximum absolute atomic E-state index is 12.8. The molecular formula is C18H20N6O4S. The Kier molecular flexibility index (Phi) is 6.29. The van der Waals surface area contributed by atoms with Gasteiger partial charge in [-0.3, -0.25) is 9.89 Å². The van der Waals surface area contributed by atoms with E-state index in [1.165, 1.54) is 32.0 Å². The predicted molar refractivity (Wildman–Crippen MR) is 108 cm³/mol. The minimum absolute atomic E-state index is 0.113. The van der Waals surface area contributed by atoms with Crippen LogP contribution in [0.3, 0.4) is 0 Å². The number of H-pyrrole nitrogens is 1. The fraction of sp³-hybridized carbons (Fsp3) is 0.278. The Morgan fingerprint density at radius 3 is 2.79 bits per heavy atom. The number of benzene rings is 1. The molecule has 0 aliphatic rings. The summed E-state index contributed by atoms with van der Waals surface area (Å²) in [5.74, 6) is -1.12. The molecule has 3 rings (SSSR count). The predicted octanol–water partition coefficient (Wildman–Crippen LogP) is 1.47. The van der Waals surface area contributed by atoms with Gasteiger partial charge in [0.1, 0.15) is 11.4 Å². The van der Waals surface area contributed by atoms with Gasteiger partial charge in [-0.05, 0) is 31.4 Å². The second-order valence-corrected chi connectivity index (χ2v) is 6.90. The number of amides is 1. The highest BCUT2D eigenvalue weighted by Gasteiger charge is 2.28. The number of ether oxygens (including phenoxy) is 1. The number of nitrogens with zero attached hydrogens (tertiary/aromatic N) is 3. The van der Waals surface area contributed by atoms with Gasteiger partial charge in [0.25, 0.3) is 5.91 Å². The third-order valence-corrected chi connectivity index (χ3v) is 4.68. The van der Waals surface area contributed by atoms with Gasteiger partial charge in [0, 0.05) is 17.3 Å². The van der Waals surface area contributed by atoms with Crippen molar-refractivity contribution in [3.05, 3.63) is 36.2 Å². The van der Waals surface area contributed by atoms with Crippen LogP contribution in [0.1, 0.15) is 17.3 Å². The number of hydrogen-bond acceptors (Lipinski definition) is 9. The van der Waals surface area contributed by atoms with E-state index in [4.69, 9.17) is 0 Å². The molecule has 0 radical (unpaired) electrons. The van der Waals surface area contributed by atoms with Crippen LogP contribution in [0, 0.1) is 0 Å². The molecule has 1 amide bonds. The lowest BCUT2D eigenvalue weighted by atomic mass is 10.1. The van der Waals surface area contributed by atoms with Gasteiger partial charge in [0.15, 0.2) is 11.2 Å². The quantitative estimate of drug-likeness (QED) is 0.256. The van der Waals surface area contributed by atoms with Crippen molar-refractivity contribution in [3.63, 3.8) is 0 Å². The van der Waals surface area contributed by atoms with Crippen molar-refractivity contribution >= 4 is 46.0 Å².